The number of aryl methyl sites for hydroxylation is 1. The predicted molar refractivity (Wildman–Crippen MR) is 89.5 cm³/mol. The molecule has 5 nitrogen and oxygen atoms in total. The largest absolute Gasteiger partial charge is 0.436 e. The van der Waals surface area contributed by atoms with Gasteiger partial charge >= 0.3 is 0 Å². The number of aromatic nitrogens is 1. The number of amides is 1. The van der Waals surface area contributed by atoms with Crippen LogP contribution in [0.5, 0.6) is 0 Å². The summed E-state index contributed by atoms with van der Waals surface area (Å²) in [5.74, 6) is -0.0998. The lowest BCUT2D eigenvalue weighted by Gasteiger charge is -2.12. The number of aliphatic hydroxyl groups is 1. The van der Waals surface area contributed by atoms with Gasteiger partial charge in [-0.05, 0) is 37.6 Å². The van der Waals surface area contributed by atoms with Crippen molar-refractivity contribution in [2.75, 3.05) is 5.32 Å². The Kier molecular flexibility index (Phi) is 4.07. The van der Waals surface area contributed by atoms with Crippen LogP contribution in [0, 0.1) is 6.92 Å². The third-order valence-corrected chi connectivity index (χ3v) is 3.71. The lowest BCUT2D eigenvalue weighted by molar-refractivity contribution is -0.123. The van der Waals surface area contributed by atoms with Gasteiger partial charge in [0.2, 0.25) is 5.89 Å². The van der Waals surface area contributed by atoms with Crippen LogP contribution >= 0.6 is 11.6 Å². The van der Waals surface area contributed by atoms with Crippen LogP contribution in [-0.2, 0) is 4.79 Å². The summed E-state index contributed by atoms with van der Waals surface area (Å²) in [5, 5.41) is 12.6. The molecular formula is C17H15ClN2O3. The zero-order chi connectivity index (χ0) is 16.6. The zero-order valence-corrected chi connectivity index (χ0v) is 13.4. The molecule has 1 aromatic heterocycles. The van der Waals surface area contributed by atoms with Crippen LogP contribution in [-0.4, -0.2) is 22.1 Å². The summed E-state index contributed by atoms with van der Waals surface area (Å²) in [7, 11) is 0. The molecule has 0 bridgehead atoms. The minimum atomic E-state index is -1.11. The maximum Gasteiger partial charge on any atom is 0.252 e. The number of aliphatic hydroxyl groups excluding tert-OH is 1. The molecule has 1 atom stereocenters. The first-order chi connectivity index (χ1) is 11.0. The number of carbonyl (C=O) groups excluding carboxylic acids is 1. The van der Waals surface area contributed by atoms with E-state index in [9.17, 15) is 9.90 Å². The molecular weight excluding hydrogens is 316 g/mol. The third kappa shape index (κ3) is 3.06. The van der Waals surface area contributed by atoms with E-state index < -0.39 is 12.0 Å². The Labute approximate surface area is 137 Å². The Morgan fingerprint density at radius 3 is 2.87 bits per heavy atom. The van der Waals surface area contributed by atoms with Gasteiger partial charge in [0.15, 0.2) is 5.58 Å². The normalized spacial score (nSPS) is 12.3. The molecule has 2 N–H and O–H groups in total. The Hall–Kier alpha value is -2.37. The molecule has 1 unspecified atom stereocenters. The van der Waals surface area contributed by atoms with Gasteiger partial charge in [0.05, 0.1) is 11.3 Å². The minimum absolute atomic E-state index is 0.390. The van der Waals surface area contributed by atoms with E-state index in [0.717, 1.165) is 5.56 Å². The van der Waals surface area contributed by atoms with Gasteiger partial charge in [-0.2, -0.15) is 0 Å². The van der Waals surface area contributed by atoms with Crippen molar-refractivity contribution >= 4 is 34.3 Å². The van der Waals surface area contributed by atoms with Crippen molar-refractivity contribution in [3.8, 4) is 11.5 Å². The molecule has 0 aliphatic rings. The quantitative estimate of drug-likeness (QED) is 0.766. The molecule has 6 heteroatoms. The fourth-order valence-corrected chi connectivity index (χ4v) is 2.46. The molecule has 118 valence electrons. The van der Waals surface area contributed by atoms with Crippen molar-refractivity contribution in [1.82, 2.24) is 4.98 Å². The molecule has 0 saturated carbocycles. The van der Waals surface area contributed by atoms with E-state index in [2.05, 4.69) is 10.3 Å². The van der Waals surface area contributed by atoms with E-state index >= 15 is 0 Å². The number of nitrogens with one attached hydrogen (secondary N) is 1. The number of carbonyl (C=O) groups is 1. The fraction of sp³-hybridized carbons (Fsp3) is 0.176. The highest BCUT2D eigenvalue weighted by Gasteiger charge is 2.18. The van der Waals surface area contributed by atoms with Crippen LogP contribution < -0.4 is 5.32 Å². The molecule has 3 aromatic rings. The Morgan fingerprint density at radius 2 is 2.13 bits per heavy atom. The number of halogens is 1. The first kappa shape index (κ1) is 15.5. The number of hydrogen-bond acceptors (Lipinski definition) is 4. The number of fused-ring (bicyclic) bond motifs is 1. The highest BCUT2D eigenvalue weighted by atomic mass is 35.5. The topological polar surface area (TPSA) is 75.4 Å². The predicted octanol–water partition coefficient (Wildman–Crippen LogP) is 3.78. The molecule has 0 spiro atoms. The summed E-state index contributed by atoms with van der Waals surface area (Å²) < 4.78 is 5.79. The van der Waals surface area contributed by atoms with Crippen LogP contribution in [0.4, 0.5) is 5.69 Å². The van der Waals surface area contributed by atoms with Gasteiger partial charge in [-0.15, -0.1) is 0 Å². The summed E-state index contributed by atoms with van der Waals surface area (Å²) >= 11 is 5.97. The van der Waals surface area contributed by atoms with Gasteiger partial charge in [-0.1, -0.05) is 23.7 Å². The van der Waals surface area contributed by atoms with Crippen molar-refractivity contribution in [3.63, 3.8) is 0 Å². The molecule has 1 heterocycles. The number of rotatable bonds is 3. The summed E-state index contributed by atoms with van der Waals surface area (Å²) in [6.45, 7) is 3.31. The molecule has 0 radical (unpaired) electrons. The number of anilines is 1. The molecule has 0 fully saturated rings. The Morgan fingerprint density at radius 1 is 1.35 bits per heavy atom. The average molecular weight is 331 g/mol. The van der Waals surface area contributed by atoms with Gasteiger partial charge in [-0.3, -0.25) is 4.79 Å². The monoisotopic (exact) mass is 330 g/mol. The van der Waals surface area contributed by atoms with Crippen LogP contribution in [0.3, 0.4) is 0 Å². The van der Waals surface area contributed by atoms with Gasteiger partial charge in [0.1, 0.15) is 11.6 Å². The first-order valence-corrected chi connectivity index (χ1v) is 7.48. The van der Waals surface area contributed by atoms with Crippen molar-refractivity contribution < 1.29 is 14.3 Å². The van der Waals surface area contributed by atoms with Crippen molar-refractivity contribution in [2.24, 2.45) is 0 Å². The highest BCUT2D eigenvalue weighted by molar-refractivity contribution is 6.31. The number of oxazole rings is 1. The molecule has 0 aliphatic carbocycles. The maximum absolute atomic E-state index is 11.8. The number of hydrogen-bond donors (Lipinski definition) is 2. The van der Waals surface area contributed by atoms with Crippen molar-refractivity contribution in [1.29, 1.82) is 0 Å². The van der Waals surface area contributed by atoms with Gasteiger partial charge < -0.3 is 14.8 Å². The molecule has 2 aromatic carbocycles. The molecule has 0 saturated heterocycles. The average Bonchev–Trinajstić information content (AvgIpc) is 2.89. The fourth-order valence-electron chi connectivity index (χ4n) is 2.30. The lowest BCUT2D eigenvalue weighted by atomic mass is 10.1. The van der Waals surface area contributed by atoms with Gasteiger partial charge in [-0.25, -0.2) is 4.98 Å². The molecule has 23 heavy (non-hydrogen) atoms. The molecule has 3 rings (SSSR count). The van der Waals surface area contributed by atoms with Crippen molar-refractivity contribution in [3.05, 3.63) is 47.0 Å². The summed E-state index contributed by atoms with van der Waals surface area (Å²) in [5.41, 5.74) is 3.36. The lowest BCUT2D eigenvalue weighted by Crippen LogP contribution is -2.24. The SMILES string of the molecule is Cc1cccc(NC(=O)C(C)O)c1-c1nc2ccc(Cl)cc2o1. The van der Waals surface area contributed by atoms with Crippen LogP contribution in [0.2, 0.25) is 5.02 Å². The van der Waals surface area contributed by atoms with Gasteiger partial charge in [0, 0.05) is 11.1 Å². The number of nitrogens with zero attached hydrogens (tertiary/aromatic N) is 1. The standard InChI is InChI=1S/C17H15ClN2O3/c1-9-4-3-5-13(19-16(22)10(2)21)15(9)17-20-12-7-6-11(18)8-14(12)23-17/h3-8,10,21H,1-2H3,(H,19,22). The van der Waals surface area contributed by atoms with Crippen LogP contribution in [0.25, 0.3) is 22.6 Å². The smallest absolute Gasteiger partial charge is 0.252 e. The van der Waals surface area contributed by atoms with E-state index in [1.54, 1.807) is 24.3 Å². The second-order valence-electron chi connectivity index (χ2n) is 5.29. The van der Waals surface area contributed by atoms with E-state index in [1.807, 2.05) is 19.1 Å². The van der Waals surface area contributed by atoms with E-state index in [1.165, 1.54) is 6.92 Å². The minimum Gasteiger partial charge on any atom is -0.436 e. The van der Waals surface area contributed by atoms with E-state index in [4.69, 9.17) is 16.0 Å². The Balaban J connectivity index is 2.11. The second kappa shape index (κ2) is 6.02. The van der Waals surface area contributed by atoms with E-state index in [-0.39, 0.29) is 0 Å². The summed E-state index contributed by atoms with van der Waals surface area (Å²) in [6, 6.07) is 10.7. The van der Waals surface area contributed by atoms with Crippen molar-refractivity contribution in [2.45, 2.75) is 20.0 Å². The third-order valence-electron chi connectivity index (χ3n) is 3.47. The van der Waals surface area contributed by atoms with Crippen LogP contribution in [0.1, 0.15) is 12.5 Å². The summed E-state index contributed by atoms with van der Waals surface area (Å²) in [4.78, 5) is 16.3. The second-order valence-corrected chi connectivity index (χ2v) is 5.73. The number of benzene rings is 2. The first-order valence-electron chi connectivity index (χ1n) is 7.10. The molecule has 1 amide bonds. The van der Waals surface area contributed by atoms with Crippen LogP contribution in [0.15, 0.2) is 40.8 Å². The van der Waals surface area contributed by atoms with E-state index in [0.29, 0.717) is 33.3 Å². The zero-order valence-electron chi connectivity index (χ0n) is 12.6. The van der Waals surface area contributed by atoms with Gasteiger partial charge in [0.25, 0.3) is 5.91 Å². The highest BCUT2D eigenvalue weighted by Crippen LogP contribution is 2.33. The Bertz CT molecular complexity index is 887. The summed E-state index contributed by atoms with van der Waals surface area (Å²) in [6.07, 6.45) is -1.11. The molecule has 0 aliphatic heterocycles. The maximum atomic E-state index is 11.8.